The Morgan fingerprint density at radius 2 is 2.14 bits per heavy atom. The largest absolute Gasteiger partial charge is 0.381 e. The van der Waals surface area contributed by atoms with Gasteiger partial charge in [0, 0.05) is 39.0 Å². The molecule has 2 heterocycles. The average molecular weight is 288 g/mol. The fraction of sp³-hybridized carbons (Fsp3) is 0.533. The number of anilines is 1. The highest BCUT2D eigenvalue weighted by Gasteiger charge is 2.21. The van der Waals surface area contributed by atoms with Crippen LogP contribution in [0.5, 0.6) is 0 Å². The molecule has 0 atom stereocenters. The van der Waals surface area contributed by atoms with Gasteiger partial charge in [-0.15, -0.1) is 0 Å². The van der Waals surface area contributed by atoms with Crippen LogP contribution >= 0.6 is 0 Å². The van der Waals surface area contributed by atoms with Crippen molar-refractivity contribution in [3.63, 3.8) is 0 Å². The number of aromatic nitrogens is 1. The number of ether oxygens (including phenoxy) is 1. The van der Waals surface area contributed by atoms with Crippen LogP contribution in [0.15, 0.2) is 18.3 Å². The number of carbonyl (C=O) groups is 1. The molecular weight excluding hydrogens is 268 g/mol. The Bertz CT molecular complexity index is 501. The molecule has 0 N–H and O–H groups in total. The monoisotopic (exact) mass is 288 g/mol. The molecule has 0 radical (unpaired) electrons. The minimum absolute atomic E-state index is 0.149. The first-order valence-electron chi connectivity index (χ1n) is 7.21. The van der Waals surface area contributed by atoms with E-state index in [9.17, 15) is 4.79 Å². The highest BCUT2D eigenvalue weighted by Crippen LogP contribution is 2.14. The second kappa shape index (κ2) is 7.60. The van der Waals surface area contributed by atoms with E-state index in [0.29, 0.717) is 38.3 Å². The molecule has 6 nitrogen and oxygen atoms in total. The van der Waals surface area contributed by atoms with E-state index in [1.165, 1.54) is 0 Å². The van der Waals surface area contributed by atoms with Gasteiger partial charge in [-0.25, -0.2) is 4.98 Å². The van der Waals surface area contributed by atoms with Gasteiger partial charge in [-0.05, 0) is 19.1 Å². The summed E-state index contributed by atoms with van der Waals surface area (Å²) in [6.07, 6.45) is 2.03. The lowest BCUT2D eigenvalue weighted by atomic mass is 10.2. The summed E-state index contributed by atoms with van der Waals surface area (Å²) in [5, 5.41) is 8.77. The van der Waals surface area contributed by atoms with Gasteiger partial charge in [0.15, 0.2) is 0 Å². The fourth-order valence-corrected chi connectivity index (χ4v) is 2.29. The molecule has 0 aromatic carbocycles. The zero-order valence-electron chi connectivity index (χ0n) is 12.3. The third kappa shape index (κ3) is 4.17. The molecule has 112 valence electrons. The van der Waals surface area contributed by atoms with Crippen molar-refractivity contribution in [3.8, 4) is 6.07 Å². The summed E-state index contributed by atoms with van der Waals surface area (Å²) in [6.45, 7) is 5.99. The number of nitriles is 1. The van der Waals surface area contributed by atoms with Gasteiger partial charge in [0.05, 0.1) is 18.6 Å². The Labute approximate surface area is 124 Å². The SMILES string of the molecule is CCOCCC(=O)N1CCN(c2ccc(C#N)cn2)CC1. The van der Waals surface area contributed by atoms with Crippen LogP contribution in [-0.4, -0.2) is 55.2 Å². The maximum Gasteiger partial charge on any atom is 0.225 e. The van der Waals surface area contributed by atoms with Crippen LogP contribution in [0.1, 0.15) is 18.9 Å². The van der Waals surface area contributed by atoms with Crippen molar-refractivity contribution < 1.29 is 9.53 Å². The third-order valence-corrected chi connectivity index (χ3v) is 3.50. The number of piperazine rings is 1. The van der Waals surface area contributed by atoms with Crippen LogP contribution in [0.2, 0.25) is 0 Å². The van der Waals surface area contributed by atoms with Crippen LogP contribution in [-0.2, 0) is 9.53 Å². The fourth-order valence-electron chi connectivity index (χ4n) is 2.29. The van der Waals surface area contributed by atoms with Crippen LogP contribution in [0.3, 0.4) is 0 Å². The number of amides is 1. The van der Waals surface area contributed by atoms with Crippen molar-refractivity contribution >= 4 is 11.7 Å². The maximum absolute atomic E-state index is 12.0. The van der Waals surface area contributed by atoms with Gasteiger partial charge in [0.25, 0.3) is 0 Å². The molecule has 0 spiro atoms. The molecule has 0 bridgehead atoms. The Balaban J connectivity index is 1.82. The summed E-state index contributed by atoms with van der Waals surface area (Å²) < 4.78 is 5.21. The van der Waals surface area contributed by atoms with E-state index in [4.69, 9.17) is 10.00 Å². The first-order valence-corrected chi connectivity index (χ1v) is 7.21. The molecule has 21 heavy (non-hydrogen) atoms. The van der Waals surface area contributed by atoms with E-state index in [1.807, 2.05) is 17.9 Å². The molecule has 1 saturated heterocycles. The van der Waals surface area contributed by atoms with Crippen LogP contribution in [0.25, 0.3) is 0 Å². The van der Waals surface area contributed by atoms with E-state index in [0.717, 1.165) is 18.9 Å². The third-order valence-electron chi connectivity index (χ3n) is 3.50. The van der Waals surface area contributed by atoms with E-state index in [1.54, 1.807) is 12.3 Å². The lowest BCUT2D eigenvalue weighted by Crippen LogP contribution is -2.49. The first-order chi connectivity index (χ1) is 10.2. The van der Waals surface area contributed by atoms with E-state index in [-0.39, 0.29) is 5.91 Å². The summed E-state index contributed by atoms with van der Waals surface area (Å²) in [5.41, 5.74) is 0.559. The molecule has 1 aromatic heterocycles. The zero-order chi connectivity index (χ0) is 15.1. The van der Waals surface area contributed by atoms with Gasteiger partial charge in [-0.1, -0.05) is 0 Å². The molecular formula is C15H20N4O2. The van der Waals surface area contributed by atoms with Gasteiger partial charge in [0.2, 0.25) is 5.91 Å². The summed E-state index contributed by atoms with van der Waals surface area (Å²) in [5.74, 6) is 1.01. The number of pyridine rings is 1. The van der Waals surface area contributed by atoms with Gasteiger partial charge >= 0.3 is 0 Å². The molecule has 1 fully saturated rings. The Morgan fingerprint density at radius 1 is 1.38 bits per heavy atom. The molecule has 0 unspecified atom stereocenters. The predicted octanol–water partition coefficient (Wildman–Crippen LogP) is 1.03. The van der Waals surface area contributed by atoms with Gasteiger partial charge in [-0.2, -0.15) is 5.26 Å². The van der Waals surface area contributed by atoms with E-state index >= 15 is 0 Å². The van der Waals surface area contributed by atoms with Gasteiger partial charge in [-0.3, -0.25) is 4.79 Å². The summed E-state index contributed by atoms with van der Waals surface area (Å²) >= 11 is 0. The van der Waals surface area contributed by atoms with E-state index < -0.39 is 0 Å². The minimum atomic E-state index is 0.149. The van der Waals surface area contributed by atoms with Crippen LogP contribution in [0, 0.1) is 11.3 Å². The standard InChI is InChI=1S/C15H20N4O2/c1-2-21-10-5-15(20)19-8-6-18(7-9-19)14-4-3-13(11-16)12-17-14/h3-4,12H,2,5-10H2,1H3. The summed E-state index contributed by atoms with van der Waals surface area (Å²) in [4.78, 5) is 20.3. The molecule has 1 aliphatic heterocycles. The summed E-state index contributed by atoms with van der Waals surface area (Å²) in [6, 6.07) is 5.68. The zero-order valence-corrected chi connectivity index (χ0v) is 12.3. The van der Waals surface area contributed by atoms with Crippen molar-refractivity contribution in [2.45, 2.75) is 13.3 Å². The maximum atomic E-state index is 12.0. The van der Waals surface area contributed by atoms with Gasteiger partial charge in [0.1, 0.15) is 11.9 Å². The first kappa shape index (κ1) is 15.3. The quantitative estimate of drug-likeness (QED) is 0.757. The molecule has 1 aromatic rings. The highest BCUT2D eigenvalue weighted by molar-refractivity contribution is 5.76. The van der Waals surface area contributed by atoms with Crippen molar-refractivity contribution in [2.24, 2.45) is 0 Å². The average Bonchev–Trinajstić information content (AvgIpc) is 2.55. The number of nitrogens with zero attached hydrogens (tertiary/aromatic N) is 4. The Morgan fingerprint density at radius 3 is 2.71 bits per heavy atom. The topological polar surface area (TPSA) is 69.5 Å². The molecule has 0 saturated carbocycles. The summed E-state index contributed by atoms with van der Waals surface area (Å²) in [7, 11) is 0. The van der Waals surface area contributed by atoms with Crippen molar-refractivity contribution in [2.75, 3.05) is 44.3 Å². The molecule has 1 amide bonds. The number of rotatable bonds is 5. The second-order valence-corrected chi connectivity index (χ2v) is 4.83. The Kier molecular flexibility index (Phi) is 5.52. The number of carbonyl (C=O) groups excluding carboxylic acids is 1. The van der Waals surface area contributed by atoms with E-state index in [2.05, 4.69) is 16.0 Å². The smallest absolute Gasteiger partial charge is 0.225 e. The second-order valence-electron chi connectivity index (χ2n) is 4.83. The lowest BCUT2D eigenvalue weighted by Gasteiger charge is -2.35. The van der Waals surface area contributed by atoms with Crippen molar-refractivity contribution in [3.05, 3.63) is 23.9 Å². The molecule has 0 aliphatic carbocycles. The van der Waals surface area contributed by atoms with Crippen molar-refractivity contribution in [1.82, 2.24) is 9.88 Å². The number of hydrogen-bond acceptors (Lipinski definition) is 5. The normalized spacial score (nSPS) is 14.9. The van der Waals surface area contributed by atoms with Crippen LogP contribution in [0.4, 0.5) is 5.82 Å². The Hall–Kier alpha value is -2.13. The van der Waals surface area contributed by atoms with Crippen molar-refractivity contribution in [1.29, 1.82) is 5.26 Å². The molecule has 6 heteroatoms. The predicted molar refractivity (Wildman–Crippen MR) is 78.9 cm³/mol. The van der Waals surface area contributed by atoms with Gasteiger partial charge < -0.3 is 14.5 Å². The lowest BCUT2D eigenvalue weighted by molar-refractivity contribution is -0.132. The highest BCUT2D eigenvalue weighted by atomic mass is 16.5. The number of hydrogen-bond donors (Lipinski definition) is 0. The minimum Gasteiger partial charge on any atom is -0.381 e. The molecule has 1 aliphatic rings. The van der Waals surface area contributed by atoms with Crippen LogP contribution < -0.4 is 4.90 Å². The molecule has 2 rings (SSSR count).